The molecule has 1 aromatic heterocycles. The van der Waals surface area contributed by atoms with Crippen LogP contribution in [0.2, 0.25) is 0 Å². The molecule has 4 aromatic rings. The maximum absolute atomic E-state index is 13.1. The number of methoxy groups -OCH3 is 1. The summed E-state index contributed by atoms with van der Waals surface area (Å²) in [6, 6.07) is 23.4. The number of rotatable bonds is 8. The summed E-state index contributed by atoms with van der Waals surface area (Å²) in [5.74, 6) is 0.329. The second kappa shape index (κ2) is 11.2. The first-order valence-corrected chi connectivity index (χ1v) is 12.7. The van der Waals surface area contributed by atoms with Crippen molar-refractivity contribution in [2.45, 2.75) is 31.6 Å². The van der Waals surface area contributed by atoms with Crippen molar-refractivity contribution < 1.29 is 19.4 Å². The van der Waals surface area contributed by atoms with Crippen molar-refractivity contribution in [1.82, 2.24) is 15.1 Å². The number of nitrogens with zero attached hydrogens (tertiary/aromatic N) is 2. The van der Waals surface area contributed by atoms with E-state index in [0.717, 1.165) is 36.9 Å². The number of aromatic hydroxyl groups is 1. The number of carbonyl (C=O) groups is 2. The van der Waals surface area contributed by atoms with Crippen LogP contribution in [0.4, 0.5) is 10.5 Å². The number of aromatic nitrogens is 2. The molecule has 0 aliphatic heterocycles. The van der Waals surface area contributed by atoms with Gasteiger partial charge in [-0.25, -0.2) is 4.79 Å². The molecule has 194 valence electrons. The molecule has 0 radical (unpaired) electrons. The van der Waals surface area contributed by atoms with Crippen LogP contribution in [0.15, 0.2) is 78.9 Å². The first-order valence-electron chi connectivity index (χ1n) is 12.7. The third-order valence-electron chi connectivity index (χ3n) is 6.87. The molecule has 0 saturated heterocycles. The second-order valence-corrected chi connectivity index (χ2v) is 9.35. The first kappa shape index (κ1) is 25.1. The fraction of sp³-hybridized carbons (Fsp3) is 0.233. The third-order valence-corrected chi connectivity index (χ3v) is 6.87. The van der Waals surface area contributed by atoms with Crippen LogP contribution in [-0.2, 0) is 6.42 Å². The number of phenols is 1. The highest BCUT2D eigenvalue weighted by atomic mass is 16.5. The molecule has 0 bridgehead atoms. The molecular weight excluding hydrogens is 480 g/mol. The smallest absolute Gasteiger partial charge is 0.342 e. The Bertz CT molecular complexity index is 1440. The molecule has 8 nitrogen and oxygen atoms in total. The van der Waals surface area contributed by atoms with Gasteiger partial charge in [0.25, 0.3) is 5.91 Å². The zero-order valence-corrected chi connectivity index (χ0v) is 21.2. The summed E-state index contributed by atoms with van der Waals surface area (Å²) in [6.07, 6.45) is 3.85. The Morgan fingerprint density at radius 3 is 2.50 bits per heavy atom. The van der Waals surface area contributed by atoms with Crippen molar-refractivity contribution in [1.29, 1.82) is 0 Å². The van der Waals surface area contributed by atoms with E-state index in [1.54, 1.807) is 36.4 Å². The van der Waals surface area contributed by atoms with E-state index in [0.29, 0.717) is 34.8 Å². The van der Waals surface area contributed by atoms with Crippen LogP contribution < -0.4 is 15.4 Å². The summed E-state index contributed by atoms with van der Waals surface area (Å²) in [6.45, 7) is 0.494. The lowest BCUT2D eigenvalue weighted by Crippen LogP contribution is -2.33. The first-order chi connectivity index (χ1) is 18.5. The SMILES string of the molecule is COc1ccccc1C(=O)Nc1ccc(-c2cc(C3CCC3)n(C(=O)NCCc3ccccc3)n2)c(O)c1. The fourth-order valence-electron chi connectivity index (χ4n) is 4.57. The maximum atomic E-state index is 13.1. The minimum atomic E-state index is -0.349. The van der Waals surface area contributed by atoms with E-state index in [9.17, 15) is 14.7 Å². The maximum Gasteiger partial charge on any atom is 0.342 e. The van der Waals surface area contributed by atoms with Gasteiger partial charge in [-0.15, -0.1) is 0 Å². The summed E-state index contributed by atoms with van der Waals surface area (Å²) in [7, 11) is 1.51. The molecule has 1 aliphatic rings. The van der Waals surface area contributed by atoms with Gasteiger partial charge in [0.15, 0.2) is 0 Å². The largest absolute Gasteiger partial charge is 0.507 e. The van der Waals surface area contributed by atoms with Crippen molar-refractivity contribution >= 4 is 17.6 Å². The normalized spacial score (nSPS) is 13.0. The van der Waals surface area contributed by atoms with Crippen molar-refractivity contribution in [2.24, 2.45) is 0 Å². The number of phenolic OH excluding ortho intramolecular Hbond substituents is 1. The van der Waals surface area contributed by atoms with E-state index in [2.05, 4.69) is 15.7 Å². The number of para-hydroxylation sites is 1. The molecule has 1 fully saturated rings. The minimum Gasteiger partial charge on any atom is -0.507 e. The Morgan fingerprint density at radius 2 is 1.79 bits per heavy atom. The van der Waals surface area contributed by atoms with Gasteiger partial charge in [-0.2, -0.15) is 9.78 Å². The molecule has 0 atom stereocenters. The fourth-order valence-corrected chi connectivity index (χ4v) is 4.57. The molecule has 0 unspecified atom stereocenters. The predicted octanol–water partition coefficient (Wildman–Crippen LogP) is 5.58. The lowest BCUT2D eigenvalue weighted by Gasteiger charge is -2.25. The van der Waals surface area contributed by atoms with Gasteiger partial charge in [0.05, 0.1) is 24.1 Å². The summed E-state index contributed by atoms with van der Waals surface area (Å²) in [5, 5.41) is 21.1. The highest BCUT2D eigenvalue weighted by Gasteiger charge is 2.27. The van der Waals surface area contributed by atoms with Crippen LogP contribution in [-0.4, -0.2) is 40.5 Å². The molecule has 5 rings (SSSR count). The molecular formula is C30H30N4O4. The van der Waals surface area contributed by atoms with Crippen molar-refractivity contribution in [3.63, 3.8) is 0 Å². The molecule has 3 N–H and O–H groups in total. The Labute approximate surface area is 221 Å². The molecule has 1 saturated carbocycles. The van der Waals surface area contributed by atoms with Crippen molar-refractivity contribution in [3.8, 4) is 22.8 Å². The van der Waals surface area contributed by atoms with Gasteiger partial charge >= 0.3 is 6.03 Å². The standard InChI is InChI=1S/C30H30N4O4/c1-38-28-13-6-5-12-24(28)29(36)32-22-14-15-23(27(35)18-22)25-19-26(21-10-7-11-21)34(33-25)30(37)31-17-16-20-8-3-2-4-9-20/h2-6,8-9,12-15,18-19,21,35H,7,10-11,16-17H2,1H3,(H,31,37)(H,32,36). The van der Waals surface area contributed by atoms with Crippen LogP contribution >= 0.6 is 0 Å². The Kier molecular flexibility index (Phi) is 7.40. The molecule has 2 amide bonds. The summed E-state index contributed by atoms with van der Waals surface area (Å²) in [4.78, 5) is 25.8. The number of hydrogen-bond acceptors (Lipinski definition) is 5. The van der Waals surface area contributed by atoms with Crippen molar-refractivity contribution in [2.75, 3.05) is 19.0 Å². The zero-order valence-electron chi connectivity index (χ0n) is 21.2. The molecule has 0 spiro atoms. The number of hydrogen-bond donors (Lipinski definition) is 3. The van der Waals surface area contributed by atoms with Gasteiger partial charge in [0.1, 0.15) is 11.5 Å². The molecule has 1 aliphatic carbocycles. The van der Waals surface area contributed by atoms with Crippen LogP contribution in [0.3, 0.4) is 0 Å². The van der Waals surface area contributed by atoms with Crippen LogP contribution in [0.25, 0.3) is 11.3 Å². The number of ether oxygens (including phenoxy) is 1. The van der Waals surface area contributed by atoms with Gasteiger partial charge in [0.2, 0.25) is 0 Å². The lowest BCUT2D eigenvalue weighted by molar-refractivity contribution is 0.102. The number of amides is 2. The molecule has 38 heavy (non-hydrogen) atoms. The molecule has 8 heteroatoms. The Balaban J connectivity index is 1.33. The van der Waals surface area contributed by atoms with E-state index in [4.69, 9.17) is 4.74 Å². The van der Waals surface area contributed by atoms with E-state index in [1.165, 1.54) is 17.9 Å². The Morgan fingerprint density at radius 1 is 1.03 bits per heavy atom. The highest BCUT2D eigenvalue weighted by Crippen LogP contribution is 2.39. The highest BCUT2D eigenvalue weighted by molar-refractivity contribution is 6.06. The zero-order chi connectivity index (χ0) is 26.5. The van der Waals surface area contributed by atoms with E-state index in [1.807, 2.05) is 36.4 Å². The van der Waals surface area contributed by atoms with Gasteiger partial charge < -0.3 is 20.5 Å². The molecule has 3 aromatic carbocycles. The number of benzene rings is 3. The summed E-state index contributed by atoms with van der Waals surface area (Å²) >= 11 is 0. The van der Waals surface area contributed by atoms with Crippen LogP contribution in [0.5, 0.6) is 11.5 Å². The lowest BCUT2D eigenvalue weighted by atomic mass is 9.82. The minimum absolute atomic E-state index is 0.0443. The second-order valence-electron chi connectivity index (χ2n) is 9.35. The monoisotopic (exact) mass is 510 g/mol. The van der Waals surface area contributed by atoms with Gasteiger partial charge in [0, 0.05) is 29.8 Å². The van der Waals surface area contributed by atoms with E-state index in [-0.39, 0.29) is 23.6 Å². The summed E-state index contributed by atoms with van der Waals surface area (Å²) < 4.78 is 6.70. The topological polar surface area (TPSA) is 105 Å². The van der Waals surface area contributed by atoms with Crippen LogP contribution in [0, 0.1) is 0 Å². The van der Waals surface area contributed by atoms with E-state index < -0.39 is 0 Å². The Hall–Kier alpha value is -4.59. The average molecular weight is 511 g/mol. The quantitative estimate of drug-likeness (QED) is 0.287. The van der Waals surface area contributed by atoms with Crippen molar-refractivity contribution in [3.05, 3.63) is 95.7 Å². The summed E-state index contributed by atoms with van der Waals surface area (Å²) in [5.41, 5.74) is 3.80. The van der Waals surface area contributed by atoms with Gasteiger partial charge in [-0.3, -0.25) is 4.79 Å². The predicted molar refractivity (Wildman–Crippen MR) is 146 cm³/mol. The van der Waals surface area contributed by atoms with E-state index >= 15 is 0 Å². The number of nitrogens with one attached hydrogen (secondary N) is 2. The number of anilines is 1. The van der Waals surface area contributed by atoms with Gasteiger partial charge in [-0.05, 0) is 55.2 Å². The van der Waals surface area contributed by atoms with Gasteiger partial charge in [-0.1, -0.05) is 48.9 Å². The third kappa shape index (κ3) is 5.39. The average Bonchev–Trinajstić information content (AvgIpc) is 3.32. The number of carbonyl (C=O) groups excluding carboxylic acids is 2. The molecule has 1 heterocycles. The van der Waals surface area contributed by atoms with Crippen LogP contribution in [0.1, 0.15) is 46.8 Å².